The molecule has 0 atom stereocenters. The molecule has 3 heterocycles. The van der Waals surface area contributed by atoms with Gasteiger partial charge in [-0.1, -0.05) is 24.3 Å². The maximum Gasteiger partial charge on any atom is 0.332 e. The number of imidazole rings is 1. The molecule has 0 radical (unpaired) electrons. The number of anilines is 2. The van der Waals surface area contributed by atoms with E-state index in [1.807, 2.05) is 34.6 Å². The summed E-state index contributed by atoms with van der Waals surface area (Å²) in [4.78, 5) is 33.0. The maximum absolute atomic E-state index is 14.2. The van der Waals surface area contributed by atoms with Gasteiger partial charge in [0.2, 0.25) is 5.95 Å². The molecule has 2 aromatic carbocycles. The fourth-order valence-electron chi connectivity index (χ4n) is 4.25. The van der Waals surface area contributed by atoms with Gasteiger partial charge in [-0.05, 0) is 30.7 Å². The first-order valence-corrected chi connectivity index (χ1v) is 10.3. The van der Waals surface area contributed by atoms with Crippen molar-refractivity contribution in [3.05, 3.63) is 80.2 Å². The highest BCUT2D eigenvalue weighted by Crippen LogP contribution is 2.37. The predicted molar refractivity (Wildman–Crippen MR) is 119 cm³/mol. The van der Waals surface area contributed by atoms with Crippen LogP contribution < -0.4 is 20.9 Å². The number of methoxy groups -OCH3 is 1. The third-order valence-electron chi connectivity index (χ3n) is 5.91. The number of rotatable bonds is 4. The van der Waals surface area contributed by atoms with E-state index in [0.29, 0.717) is 36.0 Å². The molecule has 8 nitrogen and oxygen atoms in total. The SMILES string of the molecule is COc1ccc(C)cc1N1CCn2c1nc1c2c(=O)n(Cc2ccccc2F)c(=O)n1C. The van der Waals surface area contributed by atoms with E-state index in [0.717, 1.165) is 15.8 Å². The summed E-state index contributed by atoms with van der Waals surface area (Å²) in [6, 6.07) is 12.0. The van der Waals surface area contributed by atoms with E-state index in [2.05, 4.69) is 4.98 Å². The van der Waals surface area contributed by atoms with Crippen molar-refractivity contribution in [2.75, 3.05) is 18.6 Å². The van der Waals surface area contributed by atoms with Crippen molar-refractivity contribution in [2.45, 2.75) is 20.0 Å². The zero-order chi connectivity index (χ0) is 22.6. The molecule has 0 bridgehead atoms. The van der Waals surface area contributed by atoms with Crippen LogP contribution in [0.3, 0.4) is 0 Å². The van der Waals surface area contributed by atoms with Gasteiger partial charge in [-0.3, -0.25) is 13.9 Å². The van der Waals surface area contributed by atoms with Gasteiger partial charge in [0.1, 0.15) is 11.6 Å². The van der Waals surface area contributed by atoms with E-state index in [-0.39, 0.29) is 12.1 Å². The standard InChI is InChI=1S/C23H22FN5O3/c1-14-8-9-18(32-3)17(12-14)27-10-11-28-19-20(25-22(27)28)26(2)23(31)29(21(19)30)13-15-6-4-5-7-16(15)24/h4-9,12H,10-11,13H2,1-3H3. The molecule has 2 aromatic heterocycles. The minimum Gasteiger partial charge on any atom is -0.495 e. The zero-order valence-corrected chi connectivity index (χ0v) is 18.0. The lowest BCUT2D eigenvalue weighted by Gasteiger charge is -2.19. The third kappa shape index (κ3) is 2.92. The molecule has 4 aromatic rings. The number of fused-ring (bicyclic) bond motifs is 3. The van der Waals surface area contributed by atoms with Crippen molar-refractivity contribution in [3.8, 4) is 5.75 Å². The average Bonchev–Trinajstić information content (AvgIpc) is 3.36. The molecule has 0 N–H and O–H groups in total. The highest BCUT2D eigenvalue weighted by atomic mass is 19.1. The Bertz CT molecular complexity index is 1480. The van der Waals surface area contributed by atoms with Crippen molar-refractivity contribution in [3.63, 3.8) is 0 Å². The maximum atomic E-state index is 14.2. The molecular weight excluding hydrogens is 413 g/mol. The Labute approximate surface area is 182 Å². The summed E-state index contributed by atoms with van der Waals surface area (Å²) in [6.45, 7) is 2.97. The normalized spacial score (nSPS) is 13.1. The first-order chi connectivity index (χ1) is 15.4. The van der Waals surface area contributed by atoms with Crippen molar-refractivity contribution in [1.29, 1.82) is 0 Å². The summed E-state index contributed by atoms with van der Waals surface area (Å²) in [7, 11) is 3.18. The number of nitrogens with zero attached hydrogens (tertiary/aromatic N) is 5. The Hall–Kier alpha value is -3.88. The molecule has 1 aliphatic rings. The van der Waals surface area contributed by atoms with Crippen molar-refractivity contribution < 1.29 is 9.13 Å². The van der Waals surface area contributed by atoms with Crippen LogP contribution in [-0.4, -0.2) is 32.3 Å². The Morgan fingerprint density at radius 3 is 2.66 bits per heavy atom. The van der Waals surface area contributed by atoms with Crippen LogP contribution in [0.15, 0.2) is 52.1 Å². The summed E-state index contributed by atoms with van der Waals surface area (Å²) >= 11 is 0. The molecular formula is C23H22FN5O3. The summed E-state index contributed by atoms with van der Waals surface area (Å²) in [6.07, 6.45) is 0. The number of aromatic nitrogens is 4. The van der Waals surface area contributed by atoms with Gasteiger partial charge < -0.3 is 14.2 Å². The average molecular weight is 435 g/mol. The number of hydrogen-bond acceptors (Lipinski definition) is 5. The fourth-order valence-corrected chi connectivity index (χ4v) is 4.25. The largest absolute Gasteiger partial charge is 0.495 e. The molecule has 0 saturated carbocycles. The van der Waals surface area contributed by atoms with E-state index in [1.54, 1.807) is 32.4 Å². The smallest absolute Gasteiger partial charge is 0.332 e. The van der Waals surface area contributed by atoms with Crippen LogP contribution in [0.5, 0.6) is 5.75 Å². The van der Waals surface area contributed by atoms with E-state index >= 15 is 0 Å². The second-order valence-corrected chi connectivity index (χ2v) is 7.89. The predicted octanol–water partition coefficient (Wildman–Crippen LogP) is 2.55. The monoisotopic (exact) mass is 435 g/mol. The van der Waals surface area contributed by atoms with Crippen molar-refractivity contribution in [2.24, 2.45) is 7.05 Å². The van der Waals surface area contributed by atoms with Gasteiger partial charge in [0.15, 0.2) is 11.2 Å². The topological polar surface area (TPSA) is 74.3 Å². The minimum absolute atomic E-state index is 0.149. The number of aryl methyl sites for hydroxylation is 2. The van der Waals surface area contributed by atoms with Gasteiger partial charge in [-0.25, -0.2) is 9.18 Å². The quantitative estimate of drug-likeness (QED) is 0.493. The number of ether oxygens (including phenoxy) is 1. The Morgan fingerprint density at radius 2 is 1.91 bits per heavy atom. The van der Waals surface area contributed by atoms with Crippen LogP contribution in [0, 0.1) is 12.7 Å². The first kappa shape index (κ1) is 20.0. The lowest BCUT2D eigenvalue weighted by Crippen LogP contribution is -2.40. The van der Waals surface area contributed by atoms with Gasteiger partial charge >= 0.3 is 5.69 Å². The number of hydrogen-bond donors (Lipinski definition) is 0. The Kier molecular flexibility index (Phi) is 4.61. The molecule has 0 aliphatic carbocycles. The minimum atomic E-state index is -0.540. The van der Waals surface area contributed by atoms with Gasteiger partial charge in [0.25, 0.3) is 5.56 Å². The summed E-state index contributed by atoms with van der Waals surface area (Å²) in [5.74, 6) is 0.805. The molecule has 0 fully saturated rings. The number of halogens is 1. The molecule has 9 heteroatoms. The summed E-state index contributed by atoms with van der Waals surface area (Å²) < 4.78 is 23.9. The van der Waals surface area contributed by atoms with Crippen LogP contribution in [0.2, 0.25) is 0 Å². The van der Waals surface area contributed by atoms with Gasteiger partial charge in [-0.15, -0.1) is 0 Å². The molecule has 32 heavy (non-hydrogen) atoms. The van der Waals surface area contributed by atoms with E-state index in [9.17, 15) is 14.0 Å². The second kappa shape index (κ2) is 7.37. The summed E-state index contributed by atoms with van der Waals surface area (Å²) in [5, 5.41) is 0. The van der Waals surface area contributed by atoms with E-state index in [4.69, 9.17) is 4.74 Å². The fraction of sp³-hybridized carbons (Fsp3) is 0.261. The first-order valence-electron chi connectivity index (χ1n) is 10.3. The molecule has 5 rings (SSSR count). The van der Waals surface area contributed by atoms with Crippen LogP contribution in [0.1, 0.15) is 11.1 Å². The number of benzene rings is 2. The van der Waals surface area contributed by atoms with Crippen molar-refractivity contribution >= 4 is 22.8 Å². The highest BCUT2D eigenvalue weighted by molar-refractivity contribution is 5.79. The molecule has 1 aliphatic heterocycles. The highest BCUT2D eigenvalue weighted by Gasteiger charge is 2.30. The van der Waals surface area contributed by atoms with Gasteiger partial charge in [0, 0.05) is 25.7 Å². The molecule has 0 unspecified atom stereocenters. The van der Waals surface area contributed by atoms with Gasteiger partial charge in [-0.2, -0.15) is 4.98 Å². The molecule has 0 saturated heterocycles. The second-order valence-electron chi connectivity index (χ2n) is 7.89. The summed E-state index contributed by atoms with van der Waals surface area (Å²) in [5.41, 5.74) is 1.79. The lowest BCUT2D eigenvalue weighted by molar-refractivity contribution is 0.415. The Morgan fingerprint density at radius 1 is 1.12 bits per heavy atom. The molecule has 0 spiro atoms. The zero-order valence-electron chi connectivity index (χ0n) is 18.0. The molecule has 164 valence electrons. The van der Waals surface area contributed by atoms with Crippen LogP contribution >= 0.6 is 0 Å². The van der Waals surface area contributed by atoms with E-state index in [1.165, 1.54) is 10.6 Å². The van der Waals surface area contributed by atoms with Crippen LogP contribution in [0.4, 0.5) is 16.0 Å². The van der Waals surface area contributed by atoms with Crippen LogP contribution in [-0.2, 0) is 20.1 Å². The third-order valence-corrected chi connectivity index (χ3v) is 5.91. The molecule has 0 amide bonds. The van der Waals surface area contributed by atoms with Gasteiger partial charge in [0.05, 0.1) is 19.3 Å². The lowest BCUT2D eigenvalue weighted by atomic mass is 10.2. The van der Waals surface area contributed by atoms with Crippen molar-refractivity contribution in [1.82, 2.24) is 18.7 Å². The Balaban J connectivity index is 1.70. The van der Waals surface area contributed by atoms with E-state index < -0.39 is 17.1 Å². The van der Waals surface area contributed by atoms with Crippen LogP contribution in [0.25, 0.3) is 11.2 Å².